The van der Waals surface area contributed by atoms with Crippen LogP contribution in [0.15, 0.2) is 0 Å². The van der Waals surface area contributed by atoms with Crippen LogP contribution in [0.4, 0.5) is 0 Å². The average molecular weight is 435 g/mol. The molecule has 1 nitrogen and oxygen atoms in total. The molecule has 0 radical (unpaired) electrons. The van der Waals surface area contributed by atoms with Crippen molar-refractivity contribution in [2.45, 2.75) is 186 Å². The minimum absolute atomic E-state index is 0.527. The van der Waals surface area contributed by atoms with E-state index in [1.807, 2.05) is 0 Å². The molecule has 0 aromatic carbocycles. The summed E-state index contributed by atoms with van der Waals surface area (Å²) in [7, 11) is 0. The van der Waals surface area contributed by atoms with Crippen LogP contribution in [-0.4, -0.2) is 5.78 Å². The van der Waals surface area contributed by atoms with Crippen molar-refractivity contribution in [3.05, 3.63) is 0 Å². The first-order chi connectivity index (χ1) is 15.4. The Kier molecular flexibility index (Phi) is 22.5. The Morgan fingerprint density at radius 1 is 0.226 bits per heavy atom. The normalized spacial score (nSPS) is 23.7. The van der Waals surface area contributed by atoms with Crippen LogP contribution in [0.1, 0.15) is 186 Å². The Labute approximate surface area is 196 Å². The molecule has 0 aromatic heterocycles. The third-order valence-electron chi connectivity index (χ3n) is 7.41. The molecule has 0 saturated heterocycles. The lowest BCUT2D eigenvalue weighted by atomic mass is 10.0. The largest absolute Gasteiger partial charge is 0.300 e. The Hall–Kier alpha value is -0.330. The second-order valence-electron chi connectivity index (χ2n) is 10.6. The third kappa shape index (κ3) is 22.6. The van der Waals surface area contributed by atoms with Gasteiger partial charge in [-0.1, -0.05) is 161 Å². The number of hydrogen-bond acceptors (Lipinski definition) is 1. The van der Waals surface area contributed by atoms with Gasteiger partial charge in [-0.3, -0.25) is 4.79 Å². The van der Waals surface area contributed by atoms with Gasteiger partial charge in [0.2, 0.25) is 0 Å². The maximum atomic E-state index is 12.0. The molecule has 0 aromatic rings. The number of hydrogen-bond donors (Lipinski definition) is 0. The van der Waals surface area contributed by atoms with Crippen molar-refractivity contribution in [2.75, 3.05) is 0 Å². The SMILES string of the molecule is O=C1CCCCCCCCCCCCCCCCCCCCCCCCCCCCC1. The van der Waals surface area contributed by atoms with Gasteiger partial charge in [-0.05, 0) is 12.8 Å². The molecular weight excluding hydrogens is 376 g/mol. The highest BCUT2D eigenvalue weighted by molar-refractivity contribution is 5.78. The Morgan fingerprint density at radius 3 is 0.516 bits per heavy atom. The van der Waals surface area contributed by atoms with Gasteiger partial charge in [-0.25, -0.2) is 0 Å². The predicted molar refractivity (Wildman–Crippen MR) is 139 cm³/mol. The van der Waals surface area contributed by atoms with Crippen molar-refractivity contribution in [3.63, 3.8) is 0 Å². The minimum atomic E-state index is 0.527. The van der Waals surface area contributed by atoms with E-state index >= 15 is 0 Å². The van der Waals surface area contributed by atoms with Gasteiger partial charge in [-0.2, -0.15) is 0 Å². The third-order valence-corrected chi connectivity index (χ3v) is 7.41. The van der Waals surface area contributed by atoms with Crippen LogP contribution < -0.4 is 0 Å². The van der Waals surface area contributed by atoms with Crippen LogP contribution in [-0.2, 0) is 4.79 Å². The van der Waals surface area contributed by atoms with Gasteiger partial charge in [0.15, 0.2) is 0 Å². The molecule has 0 atom stereocenters. The average Bonchev–Trinajstić information content (AvgIpc) is 2.77. The van der Waals surface area contributed by atoms with E-state index in [1.165, 1.54) is 161 Å². The quantitative estimate of drug-likeness (QED) is 0.370. The van der Waals surface area contributed by atoms with Crippen molar-refractivity contribution >= 4 is 5.78 Å². The fraction of sp³-hybridized carbons (Fsp3) is 0.967. The van der Waals surface area contributed by atoms with Gasteiger partial charge in [0.1, 0.15) is 5.78 Å². The van der Waals surface area contributed by atoms with E-state index < -0.39 is 0 Å². The molecule has 184 valence electrons. The molecule has 1 saturated carbocycles. The van der Waals surface area contributed by atoms with Crippen LogP contribution in [0.25, 0.3) is 0 Å². The first-order valence-corrected chi connectivity index (χ1v) is 14.9. The van der Waals surface area contributed by atoms with Crippen molar-refractivity contribution in [3.8, 4) is 0 Å². The summed E-state index contributed by atoms with van der Waals surface area (Å²) in [5, 5.41) is 0. The molecule has 31 heavy (non-hydrogen) atoms. The molecule has 1 aliphatic rings. The zero-order valence-electron chi connectivity index (χ0n) is 21.4. The van der Waals surface area contributed by atoms with E-state index in [2.05, 4.69) is 0 Å². The van der Waals surface area contributed by atoms with Gasteiger partial charge >= 0.3 is 0 Å². The highest BCUT2D eigenvalue weighted by atomic mass is 16.1. The number of ketones is 1. The molecule has 1 heteroatoms. The topological polar surface area (TPSA) is 17.1 Å². The number of carbonyl (C=O) groups excluding carboxylic acids is 1. The van der Waals surface area contributed by atoms with Gasteiger partial charge < -0.3 is 0 Å². The van der Waals surface area contributed by atoms with Crippen molar-refractivity contribution < 1.29 is 4.79 Å². The fourth-order valence-electron chi connectivity index (χ4n) is 5.19. The summed E-state index contributed by atoms with van der Waals surface area (Å²) >= 11 is 0. The van der Waals surface area contributed by atoms with Crippen LogP contribution in [0.3, 0.4) is 0 Å². The zero-order chi connectivity index (χ0) is 22.1. The van der Waals surface area contributed by atoms with Crippen LogP contribution in [0, 0.1) is 0 Å². The van der Waals surface area contributed by atoms with Gasteiger partial charge in [0, 0.05) is 12.8 Å². The fourth-order valence-corrected chi connectivity index (χ4v) is 5.19. The van der Waals surface area contributed by atoms with Crippen molar-refractivity contribution in [1.82, 2.24) is 0 Å². The van der Waals surface area contributed by atoms with Gasteiger partial charge in [-0.15, -0.1) is 0 Å². The number of Topliss-reactive ketones (excluding diaryl/α,β-unsaturated/α-hetero) is 1. The lowest BCUT2D eigenvalue weighted by Crippen LogP contribution is -1.97. The maximum Gasteiger partial charge on any atom is 0.132 e. The van der Waals surface area contributed by atoms with Gasteiger partial charge in [0.25, 0.3) is 0 Å². The van der Waals surface area contributed by atoms with Gasteiger partial charge in [0.05, 0.1) is 0 Å². The summed E-state index contributed by atoms with van der Waals surface area (Å²) in [6, 6.07) is 0. The molecule has 0 aliphatic heterocycles. The zero-order valence-corrected chi connectivity index (χ0v) is 21.4. The van der Waals surface area contributed by atoms with Crippen LogP contribution in [0.5, 0.6) is 0 Å². The van der Waals surface area contributed by atoms with E-state index in [0.717, 1.165) is 25.7 Å². The van der Waals surface area contributed by atoms with E-state index in [9.17, 15) is 4.79 Å². The smallest absolute Gasteiger partial charge is 0.132 e. The molecule has 1 aliphatic carbocycles. The molecule has 0 spiro atoms. The van der Waals surface area contributed by atoms with E-state index in [0.29, 0.717) is 5.78 Å². The van der Waals surface area contributed by atoms with E-state index in [4.69, 9.17) is 0 Å². The number of rotatable bonds is 0. The molecule has 0 heterocycles. The molecule has 0 bridgehead atoms. The summed E-state index contributed by atoms with van der Waals surface area (Å²) in [6.45, 7) is 0. The molecule has 1 fully saturated rings. The summed E-state index contributed by atoms with van der Waals surface area (Å²) in [5.74, 6) is 0.527. The predicted octanol–water partition coefficient (Wildman–Crippen LogP) is 10.9. The second-order valence-corrected chi connectivity index (χ2v) is 10.6. The summed E-state index contributed by atoms with van der Waals surface area (Å²) in [4.78, 5) is 12.0. The lowest BCUT2D eigenvalue weighted by molar-refractivity contribution is -0.119. The highest BCUT2D eigenvalue weighted by Crippen LogP contribution is 2.17. The molecular formula is C30H58O. The Morgan fingerprint density at radius 2 is 0.355 bits per heavy atom. The Balaban J connectivity index is 2.06. The molecule has 0 unspecified atom stereocenters. The van der Waals surface area contributed by atoms with E-state index in [-0.39, 0.29) is 0 Å². The molecule has 1 rings (SSSR count). The molecule has 0 N–H and O–H groups in total. The monoisotopic (exact) mass is 434 g/mol. The minimum Gasteiger partial charge on any atom is -0.300 e. The van der Waals surface area contributed by atoms with E-state index in [1.54, 1.807) is 0 Å². The summed E-state index contributed by atoms with van der Waals surface area (Å²) < 4.78 is 0. The Bertz CT molecular complexity index is 329. The lowest BCUT2D eigenvalue weighted by Gasteiger charge is -2.05. The maximum absolute atomic E-state index is 12.0. The first-order valence-electron chi connectivity index (χ1n) is 14.9. The molecule has 0 amide bonds. The van der Waals surface area contributed by atoms with Crippen LogP contribution >= 0.6 is 0 Å². The van der Waals surface area contributed by atoms with Crippen LogP contribution in [0.2, 0.25) is 0 Å². The first kappa shape index (κ1) is 28.7. The second kappa shape index (κ2) is 24.3. The van der Waals surface area contributed by atoms with Crippen molar-refractivity contribution in [1.29, 1.82) is 0 Å². The van der Waals surface area contributed by atoms with Crippen molar-refractivity contribution in [2.24, 2.45) is 0 Å². The summed E-state index contributed by atoms with van der Waals surface area (Å²) in [5.41, 5.74) is 0. The standard InChI is InChI=1S/C30H58O/c31-30-28-26-24-22-20-18-16-14-12-10-8-6-4-2-1-3-5-7-9-11-13-15-17-19-21-23-25-27-29-30/h1-29H2. The summed E-state index contributed by atoms with van der Waals surface area (Å²) in [6.07, 6.45) is 39.6. The number of carbonyl (C=O) groups is 1. The highest BCUT2D eigenvalue weighted by Gasteiger charge is 2.02.